The lowest BCUT2D eigenvalue weighted by Crippen LogP contribution is -2.31. The van der Waals surface area contributed by atoms with Crippen LogP contribution in [0.3, 0.4) is 0 Å². The van der Waals surface area contributed by atoms with Crippen molar-refractivity contribution in [3.8, 4) is 0 Å². The molecule has 6 nitrogen and oxygen atoms in total. The highest BCUT2D eigenvalue weighted by Gasteiger charge is 2.29. The van der Waals surface area contributed by atoms with Crippen molar-refractivity contribution in [2.75, 3.05) is 7.05 Å². The van der Waals surface area contributed by atoms with Crippen LogP contribution in [0.1, 0.15) is 44.5 Å². The second kappa shape index (κ2) is 5.05. The number of carbonyl (C=O) groups excluding carboxylic acids is 2. The summed E-state index contributed by atoms with van der Waals surface area (Å²) in [5, 5.41) is 2.39. The van der Waals surface area contributed by atoms with Gasteiger partial charge in [-0.05, 0) is 24.6 Å². The smallest absolute Gasteiger partial charge is 0.261 e. The van der Waals surface area contributed by atoms with Crippen LogP contribution in [-0.2, 0) is 6.42 Å². The van der Waals surface area contributed by atoms with Crippen LogP contribution in [0, 0.1) is 0 Å². The number of nitrogens with one attached hydrogen (secondary N) is 2. The van der Waals surface area contributed by atoms with Gasteiger partial charge in [-0.2, -0.15) is 0 Å². The molecule has 2 heterocycles. The van der Waals surface area contributed by atoms with Crippen LogP contribution in [0.5, 0.6) is 0 Å². The molecule has 1 aliphatic carbocycles. The lowest BCUT2D eigenvalue weighted by atomic mass is 9.84. The Morgan fingerprint density at radius 2 is 2.19 bits per heavy atom. The molecule has 0 bridgehead atoms. The molecule has 21 heavy (non-hydrogen) atoms. The summed E-state index contributed by atoms with van der Waals surface area (Å²) < 4.78 is 5.34. The Morgan fingerprint density at radius 3 is 2.86 bits per heavy atom. The van der Waals surface area contributed by atoms with Crippen LogP contribution in [0.15, 0.2) is 33.7 Å². The average Bonchev–Trinajstić information content (AvgIpc) is 3.00. The van der Waals surface area contributed by atoms with Gasteiger partial charge >= 0.3 is 0 Å². The van der Waals surface area contributed by atoms with Gasteiger partial charge in [-0.15, -0.1) is 0 Å². The van der Waals surface area contributed by atoms with E-state index in [0.717, 1.165) is 5.76 Å². The molecule has 0 aromatic carbocycles. The summed E-state index contributed by atoms with van der Waals surface area (Å²) in [7, 11) is 1.44. The SMILES string of the molecule is CNC(=O)c1cc2c([nH]c1=O)C[C@H](c1ccco1)CC2=O. The van der Waals surface area contributed by atoms with Crippen molar-refractivity contribution >= 4 is 11.7 Å². The Morgan fingerprint density at radius 1 is 1.38 bits per heavy atom. The minimum absolute atomic E-state index is 0.0407. The van der Waals surface area contributed by atoms with E-state index in [1.807, 2.05) is 6.07 Å². The lowest BCUT2D eigenvalue weighted by Gasteiger charge is -2.22. The fraction of sp³-hybridized carbons (Fsp3) is 0.267. The summed E-state index contributed by atoms with van der Waals surface area (Å²) in [6, 6.07) is 4.97. The minimum atomic E-state index is -0.500. The molecule has 6 heteroatoms. The van der Waals surface area contributed by atoms with E-state index >= 15 is 0 Å². The fourth-order valence-electron chi connectivity index (χ4n) is 2.66. The van der Waals surface area contributed by atoms with Gasteiger partial charge in [0.25, 0.3) is 11.5 Å². The lowest BCUT2D eigenvalue weighted by molar-refractivity contribution is 0.0958. The maximum atomic E-state index is 12.3. The first-order valence-corrected chi connectivity index (χ1v) is 6.65. The second-order valence-electron chi connectivity index (χ2n) is 5.03. The number of furan rings is 1. The first-order valence-electron chi connectivity index (χ1n) is 6.65. The second-order valence-corrected chi connectivity index (χ2v) is 5.03. The highest BCUT2D eigenvalue weighted by Crippen LogP contribution is 2.31. The van der Waals surface area contributed by atoms with Crippen molar-refractivity contribution in [1.29, 1.82) is 0 Å². The number of fused-ring (bicyclic) bond motifs is 1. The molecule has 0 spiro atoms. The van der Waals surface area contributed by atoms with Crippen LogP contribution in [0.2, 0.25) is 0 Å². The summed E-state index contributed by atoms with van der Waals surface area (Å²) in [6.45, 7) is 0. The topological polar surface area (TPSA) is 92.2 Å². The maximum Gasteiger partial charge on any atom is 0.261 e. The van der Waals surface area contributed by atoms with E-state index < -0.39 is 11.5 Å². The van der Waals surface area contributed by atoms with Crippen LogP contribution in [0.4, 0.5) is 0 Å². The molecule has 0 saturated carbocycles. The maximum absolute atomic E-state index is 12.3. The third kappa shape index (κ3) is 2.29. The number of H-pyrrole nitrogens is 1. The molecule has 1 amide bonds. The summed E-state index contributed by atoms with van der Waals surface area (Å²) >= 11 is 0. The van der Waals surface area contributed by atoms with E-state index in [-0.39, 0.29) is 17.3 Å². The molecular formula is C15H14N2O4. The van der Waals surface area contributed by atoms with Gasteiger partial charge < -0.3 is 14.7 Å². The molecule has 2 aromatic rings. The molecule has 0 unspecified atom stereocenters. The Hall–Kier alpha value is -2.63. The zero-order valence-electron chi connectivity index (χ0n) is 11.4. The number of pyridine rings is 1. The van der Waals surface area contributed by atoms with Gasteiger partial charge in [0.15, 0.2) is 5.78 Å². The summed E-state index contributed by atoms with van der Waals surface area (Å²) in [5.74, 6) is 0.0470. The predicted molar refractivity (Wildman–Crippen MR) is 74.6 cm³/mol. The van der Waals surface area contributed by atoms with Gasteiger partial charge in [-0.3, -0.25) is 14.4 Å². The Labute approximate surface area is 120 Å². The standard InChI is InChI=1S/C15H14N2O4/c1-16-14(19)10-7-9-11(17-15(10)20)5-8(6-12(9)18)13-3-2-4-21-13/h2-4,7-8H,5-6H2,1H3,(H,16,19)(H,17,20)/t8-/m0/s1. The van der Waals surface area contributed by atoms with Crippen LogP contribution < -0.4 is 10.9 Å². The number of hydrogen-bond acceptors (Lipinski definition) is 4. The third-order valence-corrected chi connectivity index (χ3v) is 3.72. The van der Waals surface area contributed by atoms with Crippen molar-refractivity contribution in [3.05, 3.63) is 57.4 Å². The molecule has 0 fully saturated rings. The van der Waals surface area contributed by atoms with Crippen molar-refractivity contribution < 1.29 is 14.0 Å². The van der Waals surface area contributed by atoms with Crippen molar-refractivity contribution in [1.82, 2.24) is 10.3 Å². The summed E-state index contributed by atoms with van der Waals surface area (Å²) in [5.41, 5.74) is 0.448. The molecule has 0 saturated heterocycles. The normalized spacial score (nSPS) is 17.4. The zero-order valence-corrected chi connectivity index (χ0v) is 11.4. The monoisotopic (exact) mass is 286 g/mol. The van der Waals surface area contributed by atoms with Gasteiger partial charge in [0.2, 0.25) is 0 Å². The van der Waals surface area contributed by atoms with Gasteiger partial charge in [0.1, 0.15) is 11.3 Å². The van der Waals surface area contributed by atoms with Gasteiger partial charge in [-0.25, -0.2) is 0 Å². The quantitative estimate of drug-likeness (QED) is 0.868. The summed E-state index contributed by atoms with van der Waals surface area (Å²) in [4.78, 5) is 38.5. The first kappa shape index (κ1) is 13.4. The Bertz CT molecular complexity index is 758. The Kier molecular flexibility index (Phi) is 3.21. The van der Waals surface area contributed by atoms with Crippen molar-refractivity contribution in [2.24, 2.45) is 0 Å². The molecule has 0 radical (unpaired) electrons. The van der Waals surface area contributed by atoms with Crippen LogP contribution in [-0.4, -0.2) is 23.7 Å². The minimum Gasteiger partial charge on any atom is -0.469 e. The van der Waals surface area contributed by atoms with E-state index in [4.69, 9.17) is 4.42 Å². The fourth-order valence-corrected chi connectivity index (χ4v) is 2.66. The number of Topliss-reactive ketones (excluding diaryl/α,β-unsaturated/α-hetero) is 1. The van der Waals surface area contributed by atoms with E-state index in [0.29, 0.717) is 24.1 Å². The average molecular weight is 286 g/mol. The molecule has 1 aliphatic rings. The molecular weight excluding hydrogens is 272 g/mol. The molecule has 1 atom stereocenters. The highest BCUT2D eigenvalue weighted by atomic mass is 16.3. The van der Waals surface area contributed by atoms with Gasteiger partial charge in [-0.1, -0.05) is 0 Å². The zero-order chi connectivity index (χ0) is 15.0. The van der Waals surface area contributed by atoms with E-state index in [2.05, 4.69) is 10.3 Å². The molecule has 108 valence electrons. The first-order chi connectivity index (χ1) is 10.1. The number of hydrogen-bond donors (Lipinski definition) is 2. The number of rotatable bonds is 2. The van der Waals surface area contributed by atoms with E-state index in [9.17, 15) is 14.4 Å². The number of ketones is 1. The molecule has 2 N–H and O–H groups in total. The Balaban J connectivity index is 2.03. The number of carbonyl (C=O) groups is 2. The highest BCUT2D eigenvalue weighted by molar-refractivity contribution is 6.02. The van der Waals surface area contributed by atoms with E-state index in [1.54, 1.807) is 12.3 Å². The number of amides is 1. The van der Waals surface area contributed by atoms with Crippen molar-refractivity contribution in [2.45, 2.75) is 18.8 Å². The van der Waals surface area contributed by atoms with E-state index in [1.165, 1.54) is 13.1 Å². The van der Waals surface area contributed by atoms with Crippen molar-refractivity contribution in [3.63, 3.8) is 0 Å². The number of aromatic nitrogens is 1. The largest absolute Gasteiger partial charge is 0.469 e. The third-order valence-electron chi connectivity index (χ3n) is 3.72. The van der Waals surface area contributed by atoms with Gasteiger partial charge in [0.05, 0.1) is 6.26 Å². The molecule has 3 rings (SSSR count). The molecule has 0 aliphatic heterocycles. The van der Waals surface area contributed by atoms with Crippen LogP contribution in [0.25, 0.3) is 0 Å². The molecule has 2 aromatic heterocycles. The van der Waals surface area contributed by atoms with Gasteiger partial charge in [0, 0.05) is 30.6 Å². The number of aromatic amines is 1. The summed E-state index contributed by atoms with van der Waals surface area (Å²) in [6.07, 6.45) is 2.38. The predicted octanol–water partition coefficient (Wildman–Crippen LogP) is 1.24. The van der Waals surface area contributed by atoms with Crippen LogP contribution >= 0.6 is 0 Å².